The minimum Gasteiger partial charge on any atom is -0.489 e. The predicted octanol–water partition coefficient (Wildman–Crippen LogP) is 6.44. The van der Waals surface area contributed by atoms with Gasteiger partial charge in [-0.25, -0.2) is 13.2 Å². The van der Waals surface area contributed by atoms with Crippen LogP contribution < -0.4 is 10.2 Å². The van der Waals surface area contributed by atoms with Gasteiger partial charge in [-0.15, -0.1) is 0 Å². The first-order valence-corrected chi connectivity index (χ1v) is 11.2. The lowest BCUT2D eigenvalue weighted by molar-refractivity contribution is 0.299. The number of hydrogen-bond acceptors (Lipinski definition) is 3. The maximum Gasteiger partial charge on any atom is 0.189 e. The predicted molar refractivity (Wildman–Crippen MR) is 134 cm³/mol. The molecule has 0 heterocycles. The van der Waals surface area contributed by atoms with Gasteiger partial charge in [0.25, 0.3) is 0 Å². The van der Waals surface area contributed by atoms with Gasteiger partial charge in [-0.05, 0) is 78.8 Å². The molecule has 0 bridgehead atoms. The first kappa shape index (κ1) is 26.9. The molecule has 0 unspecified atom stereocenters. The second-order valence-electron chi connectivity index (χ2n) is 7.15. The summed E-state index contributed by atoms with van der Waals surface area (Å²) in [5, 5.41) is 4.70. The molecule has 180 valence electrons. The fraction of sp³-hybridized carbons (Fsp3) is 0.231. The zero-order chi connectivity index (χ0) is 25.1. The molecule has 0 saturated heterocycles. The van der Waals surface area contributed by atoms with E-state index in [1.165, 1.54) is 24.3 Å². The van der Waals surface area contributed by atoms with Crippen molar-refractivity contribution < 1.29 is 17.9 Å². The molecule has 0 aliphatic carbocycles. The Morgan fingerprint density at radius 2 is 1.65 bits per heavy atom. The average molecular weight is 488 g/mol. The van der Waals surface area contributed by atoms with Crippen LogP contribution in [0.25, 0.3) is 0 Å². The Morgan fingerprint density at radius 3 is 2.29 bits per heavy atom. The third kappa shape index (κ3) is 8.19. The molecule has 0 radical (unpaired) electrons. The molecule has 3 aromatic rings. The molecule has 0 aliphatic heterocycles. The summed E-state index contributed by atoms with van der Waals surface area (Å²) in [5.74, 6) is -1.02. The summed E-state index contributed by atoms with van der Waals surface area (Å²) in [4.78, 5) is 1.76. The van der Waals surface area contributed by atoms with E-state index in [1.54, 1.807) is 30.1 Å². The third-order valence-corrected chi connectivity index (χ3v) is 5.06. The van der Waals surface area contributed by atoms with Crippen molar-refractivity contribution in [1.82, 2.24) is 10.3 Å². The molecule has 0 saturated carbocycles. The minimum atomic E-state index is -0.644. The highest BCUT2D eigenvalue weighted by Crippen LogP contribution is 2.17. The molecule has 0 atom stereocenters. The highest BCUT2D eigenvalue weighted by molar-refractivity contribution is 7.80. The lowest BCUT2D eigenvalue weighted by Crippen LogP contribution is -2.34. The quantitative estimate of drug-likeness (QED) is 0.236. The highest BCUT2D eigenvalue weighted by atomic mass is 32.1. The number of hydrogen-bond donors (Lipinski definition) is 1. The zero-order valence-electron chi connectivity index (χ0n) is 19.6. The topological polar surface area (TPSA) is 36.9 Å². The van der Waals surface area contributed by atoms with Crippen molar-refractivity contribution in [3.63, 3.8) is 0 Å². The SMILES string of the molecule is C/C(=N\NC(=S)N(C)Cc1cccc(F)c1)c1ccc(OCc2ccc(F)cc2F)cc1.CC. The first-order chi connectivity index (χ1) is 16.3. The van der Waals surface area contributed by atoms with Gasteiger partial charge in [0.15, 0.2) is 5.11 Å². The minimum absolute atomic E-state index is 0.00793. The largest absolute Gasteiger partial charge is 0.489 e. The van der Waals surface area contributed by atoms with E-state index in [0.717, 1.165) is 17.2 Å². The van der Waals surface area contributed by atoms with Gasteiger partial charge in [0, 0.05) is 25.2 Å². The summed E-state index contributed by atoms with van der Waals surface area (Å²) in [5.41, 5.74) is 5.44. The molecule has 1 N–H and O–H groups in total. The van der Waals surface area contributed by atoms with Crippen LogP contribution in [0, 0.1) is 17.5 Å². The Morgan fingerprint density at radius 1 is 0.971 bits per heavy atom. The molecule has 0 amide bonds. The first-order valence-electron chi connectivity index (χ1n) is 10.8. The van der Waals surface area contributed by atoms with E-state index in [1.807, 2.05) is 39.0 Å². The second kappa shape index (κ2) is 13.3. The van der Waals surface area contributed by atoms with Gasteiger partial charge in [0.1, 0.15) is 29.8 Å². The summed E-state index contributed by atoms with van der Waals surface area (Å²) in [6.45, 7) is 6.26. The lowest BCUT2D eigenvalue weighted by Gasteiger charge is -2.19. The van der Waals surface area contributed by atoms with E-state index >= 15 is 0 Å². The molecule has 0 fully saturated rings. The van der Waals surface area contributed by atoms with Crippen LogP contribution in [0.2, 0.25) is 0 Å². The van der Waals surface area contributed by atoms with Gasteiger partial charge >= 0.3 is 0 Å². The van der Waals surface area contributed by atoms with E-state index < -0.39 is 11.6 Å². The number of thiocarbonyl (C=S) groups is 1. The normalized spacial score (nSPS) is 10.7. The van der Waals surface area contributed by atoms with Crippen LogP contribution >= 0.6 is 12.2 Å². The van der Waals surface area contributed by atoms with E-state index in [2.05, 4.69) is 10.5 Å². The Hall–Kier alpha value is -3.39. The molecular formula is C26H28F3N3OS. The van der Waals surface area contributed by atoms with Crippen molar-refractivity contribution in [2.24, 2.45) is 5.10 Å². The van der Waals surface area contributed by atoms with Crippen LogP contribution in [0.3, 0.4) is 0 Å². The number of rotatable bonds is 7. The monoisotopic (exact) mass is 487 g/mol. The standard InChI is InChI=1S/C24H22F3N3OS.C2H6/c1-16(28-29-24(32)30(2)14-17-4-3-5-20(25)12-17)18-7-10-22(11-8-18)31-15-19-6-9-21(26)13-23(19)27;1-2/h3-13H,14-15H2,1-2H3,(H,29,32);1-2H3/b28-16+;. The maximum atomic E-state index is 13.7. The average Bonchev–Trinajstić information content (AvgIpc) is 2.83. The van der Waals surface area contributed by atoms with Gasteiger partial charge in [-0.3, -0.25) is 5.43 Å². The van der Waals surface area contributed by atoms with Crippen LogP contribution in [0.15, 0.2) is 71.8 Å². The summed E-state index contributed by atoms with van der Waals surface area (Å²) < 4.78 is 45.6. The molecule has 0 aromatic heterocycles. The maximum absolute atomic E-state index is 13.7. The van der Waals surface area contributed by atoms with Gasteiger partial charge < -0.3 is 9.64 Å². The van der Waals surface area contributed by atoms with Crippen molar-refractivity contribution in [2.75, 3.05) is 7.05 Å². The van der Waals surface area contributed by atoms with Gasteiger partial charge in [-0.2, -0.15) is 5.10 Å². The summed E-state index contributed by atoms with van der Waals surface area (Å²) >= 11 is 5.34. The van der Waals surface area contributed by atoms with E-state index in [0.29, 0.717) is 23.1 Å². The van der Waals surface area contributed by atoms with Gasteiger partial charge in [0.05, 0.1) is 5.71 Å². The van der Waals surface area contributed by atoms with Gasteiger partial charge in [0.2, 0.25) is 0 Å². The molecule has 34 heavy (non-hydrogen) atoms. The van der Waals surface area contributed by atoms with Crippen LogP contribution in [-0.2, 0) is 13.2 Å². The Kier molecular flexibility index (Phi) is 10.5. The molecule has 4 nitrogen and oxygen atoms in total. The zero-order valence-corrected chi connectivity index (χ0v) is 20.4. The molecule has 0 spiro atoms. The lowest BCUT2D eigenvalue weighted by atomic mass is 10.1. The van der Waals surface area contributed by atoms with Crippen LogP contribution in [0.1, 0.15) is 37.5 Å². The number of halogens is 3. The van der Waals surface area contributed by atoms with Crippen molar-refractivity contribution >= 4 is 23.0 Å². The summed E-state index contributed by atoms with van der Waals surface area (Å²) in [6, 6.07) is 16.8. The third-order valence-electron chi connectivity index (χ3n) is 4.66. The van der Waals surface area contributed by atoms with E-state index in [4.69, 9.17) is 17.0 Å². The molecular weight excluding hydrogens is 459 g/mol. The van der Waals surface area contributed by atoms with E-state index in [-0.39, 0.29) is 18.0 Å². The molecule has 0 aliphatic rings. The molecule has 8 heteroatoms. The van der Waals surface area contributed by atoms with Crippen LogP contribution in [0.5, 0.6) is 5.75 Å². The van der Waals surface area contributed by atoms with Gasteiger partial charge in [-0.1, -0.05) is 26.0 Å². The van der Waals surface area contributed by atoms with Crippen molar-refractivity contribution in [2.45, 2.75) is 33.9 Å². The number of benzene rings is 3. The van der Waals surface area contributed by atoms with Crippen molar-refractivity contribution in [3.8, 4) is 5.75 Å². The highest BCUT2D eigenvalue weighted by Gasteiger charge is 2.07. The fourth-order valence-electron chi connectivity index (χ4n) is 2.85. The Bertz CT molecular complexity index is 1120. The molecule has 3 rings (SSSR count). The van der Waals surface area contributed by atoms with E-state index in [9.17, 15) is 13.2 Å². The number of ether oxygens (including phenoxy) is 1. The Labute approximate surface area is 204 Å². The van der Waals surface area contributed by atoms with Crippen molar-refractivity contribution in [1.29, 1.82) is 0 Å². The van der Waals surface area contributed by atoms with Crippen molar-refractivity contribution in [3.05, 3.63) is 101 Å². The smallest absolute Gasteiger partial charge is 0.189 e. The Balaban J connectivity index is 0.00000199. The second-order valence-corrected chi connectivity index (χ2v) is 7.54. The summed E-state index contributed by atoms with van der Waals surface area (Å²) in [7, 11) is 1.79. The van der Waals surface area contributed by atoms with Crippen LogP contribution in [-0.4, -0.2) is 22.8 Å². The number of nitrogens with zero attached hydrogens (tertiary/aromatic N) is 2. The number of hydrazone groups is 1. The number of nitrogens with one attached hydrogen (secondary N) is 1. The van der Waals surface area contributed by atoms with Crippen LogP contribution in [0.4, 0.5) is 13.2 Å². The molecule has 3 aromatic carbocycles. The summed E-state index contributed by atoms with van der Waals surface area (Å²) in [6.07, 6.45) is 0. The fourth-order valence-corrected chi connectivity index (χ4v) is 2.96.